The summed E-state index contributed by atoms with van der Waals surface area (Å²) < 4.78 is 1.57. The van der Waals surface area contributed by atoms with E-state index in [1.165, 1.54) is 11.8 Å². The average molecular weight is 416 g/mol. The Balaban J connectivity index is 1.60. The van der Waals surface area contributed by atoms with Crippen LogP contribution in [0, 0.1) is 0 Å². The number of hydrogen-bond donors (Lipinski definition) is 1. The zero-order valence-corrected chi connectivity index (χ0v) is 17.3. The number of hydrogen-bond acceptors (Lipinski definition) is 4. The molecule has 4 aromatic rings. The van der Waals surface area contributed by atoms with Gasteiger partial charge in [0.05, 0.1) is 28.4 Å². The molecule has 0 aliphatic heterocycles. The van der Waals surface area contributed by atoms with Crippen molar-refractivity contribution >= 4 is 28.6 Å². The summed E-state index contributed by atoms with van der Waals surface area (Å²) in [4.78, 5) is 30.4. The molecule has 1 aromatic heterocycles. The number of thioether (sulfide) groups is 1. The van der Waals surface area contributed by atoms with E-state index in [0.717, 1.165) is 11.3 Å². The monoisotopic (exact) mass is 415 g/mol. The van der Waals surface area contributed by atoms with E-state index < -0.39 is 0 Å². The lowest BCUT2D eigenvalue weighted by molar-refractivity contribution is -0.119. The van der Waals surface area contributed by atoms with Gasteiger partial charge in [0.25, 0.3) is 5.56 Å². The number of fused-ring (bicyclic) bond motifs is 1. The van der Waals surface area contributed by atoms with E-state index >= 15 is 0 Å². The third kappa shape index (κ3) is 4.28. The summed E-state index contributed by atoms with van der Waals surface area (Å²) >= 11 is 1.26. The number of benzene rings is 3. The highest BCUT2D eigenvalue weighted by atomic mass is 32.2. The number of amides is 1. The molecule has 30 heavy (non-hydrogen) atoms. The van der Waals surface area contributed by atoms with Crippen molar-refractivity contribution in [3.8, 4) is 5.69 Å². The summed E-state index contributed by atoms with van der Waals surface area (Å²) in [6, 6.07) is 26.3. The molecule has 0 saturated carbocycles. The molecule has 1 amide bonds. The maximum absolute atomic E-state index is 13.2. The Morgan fingerprint density at radius 3 is 2.33 bits per heavy atom. The van der Waals surface area contributed by atoms with E-state index in [2.05, 4.69) is 10.3 Å². The van der Waals surface area contributed by atoms with Crippen molar-refractivity contribution in [2.45, 2.75) is 18.1 Å². The molecule has 0 aliphatic rings. The number of nitrogens with zero attached hydrogens (tertiary/aromatic N) is 2. The minimum atomic E-state index is -0.146. The molecule has 0 bridgehead atoms. The topological polar surface area (TPSA) is 64.0 Å². The molecule has 6 heteroatoms. The Morgan fingerprint density at radius 1 is 0.967 bits per heavy atom. The van der Waals surface area contributed by atoms with Crippen molar-refractivity contribution in [2.75, 3.05) is 5.75 Å². The normalized spacial score (nSPS) is 11.9. The lowest BCUT2D eigenvalue weighted by atomic mass is 10.1. The molecule has 5 nitrogen and oxygen atoms in total. The van der Waals surface area contributed by atoms with E-state index in [9.17, 15) is 9.59 Å². The van der Waals surface area contributed by atoms with Crippen molar-refractivity contribution in [3.63, 3.8) is 0 Å². The van der Waals surface area contributed by atoms with Crippen LogP contribution in [0.1, 0.15) is 18.5 Å². The molecule has 4 rings (SSSR count). The highest BCUT2D eigenvalue weighted by Crippen LogP contribution is 2.21. The van der Waals surface area contributed by atoms with Crippen LogP contribution < -0.4 is 10.9 Å². The smallest absolute Gasteiger partial charge is 0.266 e. The van der Waals surface area contributed by atoms with Crippen LogP contribution in [0.3, 0.4) is 0 Å². The maximum atomic E-state index is 13.2. The Labute approximate surface area is 178 Å². The summed E-state index contributed by atoms with van der Waals surface area (Å²) in [5.74, 6) is 0.0489. The van der Waals surface area contributed by atoms with Gasteiger partial charge in [-0.25, -0.2) is 4.98 Å². The van der Waals surface area contributed by atoms with Crippen LogP contribution in [0.2, 0.25) is 0 Å². The first-order chi connectivity index (χ1) is 14.6. The van der Waals surface area contributed by atoms with E-state index in [1.807, 2.05) is 85.8 Å². The SMILES string of the molecule is CC(NC(=O)CSc1nc2ccccc2c(=O)n1-c1ccccc1)c1ccccc1. The second-order valence-corrected chi connectivity index (χ2v) is 7.82. The highest BCUT2D eigenvalue weighted by molar-refractivity contribution is 7.99. The molecule has 0 spiro atoms. The van der Waals surface area contributed by atoms with E-state index in [1.54, 1.807) is 10.6 Å². The summed E-state index contributed by atoms with van der Waals surface area (Å²) in [6.07, 6.45) is 0. The van der Waals surface area contributed by atoms with E-state index in [4.69, 9.17) is 0 Å². The largest absolute Gasteiger partial charge is 0.349 e. The molecule has 1 unspecified atom stereocenters. The molecule has 0 radical (unpaired) electrons. The minimum Gasteiger partial charge on any atom is -0.349 e. The standard InChI is InChI=1S/C24H21N3O2S/c1-17(18-10-4-2-5-11-18)25-22(28)16-30-24-26-21-15-9-8-14-20(21)23(29)27(24)19-12-6-3-7-13-19/h2-15,17H,16H2,1H3,(H,25,28). The van der Waals surface area contributed by atoms with Crippen LogP contribution in [0.15, 0.2) is 94.9 Å². The number of carbonyl (C=O) groups is 1. The molecule has 150 valence electrons. The molecule has 1 heterocycles. The van der Waals surface area contributed by atoms with E-state index in [-0.39, 0.29) is 23.3 Å². The van der Waals surface area contributed by atoms with Gasteiger partial charge in [0, 0.05) is 0 Å². The zero-order chi connectivity index (χ0) is 20.9. The fourth-order valence-electron chi connectivity index (χ4n) is 3.25. The van der Waals surface area contributed by atoms with Crippen LogP contribution in [0.25, 0.3) is 16.6 Å². The first-order valence-corrected chi connectivity index (χ1v) is 10.7. The predicted molar refractivity (Wildman–Crippen MR) is 121 cm³/mol. The first-order valence-electron chi connectivity index (χ1n) is 9.68. The van der Waals surface area contributed by atoms with Crippen LogP contribution in [0.5, 0.6) is 0 Å². The quantitative estimate of drug-likeness (QED) is 0.376. The fourth-order valence-corrected chi connectivity index (χ4v) is 4.08. The zero-order valence-electron chi connectivity index (χ0n) is 16.5. The second kappa shape index (κ2) is 8.97. The summed E-state index contributed by atoms with van der Waals surface area (Å²) in [7, 11) is 0. The van der Waals surface area contributed by atoms with Gasteiger partial charge in [0.2, 0.25) is 5.91 Å². The molecule has 0 fully saturated rings. The van der Waals surface area contributed by atoms with Gasteiger partial charge in [-0.1, -0.05) is 72.4 Å². The Morgan fingerprint density at radius 2 is 1.60 bits per heavy atom. The lowest BCUT2D eigenvalue weighted by Crippen LogP contribution is -2.29. The minimum absolute atomic E-state index is 0.0971. The van der Waals surface area contributed by atoms with Gasteiger partial charge < -0.3 is 5.32 Å². The predicted octanol–water partition coefficient (Wildman–Crippen LogP) is 4.36. The van der Waals surface area contributed by atoms with Gasteiger partial charge >= 0.3 is 0 Å². The van der Waals surface area contributed by atoms with Crippen molar-refractivity contribution in [1.82, 2.24) is 14.9 Å². The summed E-state index contributed by atoms with van der Waals surface area (Å²) in [6.45, 7) is 1.95. The van der Waals surface area contributed by atoms with Gasteiger partial charge in [-0.15, -0.1) is 0 Å². The van der Waals surface area contributed by atoms with Crippen molar-refractivity contribution in [1.29, 1.82) is 0 Å². The molecule has 1 atom stereocenters. The summed E-state index contributed by atoms with van der Waals surface area (Å²) in [5.41, 5.74) is 2.24. The van der Waals surface area contributed by atoms with Gasteiger partial charge in [-0.3, -0.25) is 14.2 Å². The molecule has 1 N–H and O–H groups in total. The average Bonchev–Trinajstić information content (AvgIpc) is 2.79. The van der Waals surface area contributed by atoms with Gasteiger partial charge in [0.15, 0.2) is 5.16 Å². The van der Waals surface area contributed by atoms with E-state index in [0.29, 0.717) is 16.1 Å². The third-order valence-electron chi connectivity index (χ3n) is 4.77. The third-order valence-corrected chi connectivity index (χ3v) is 5.71. The number of nitrogens with one attached hydrogen (secondary N) is 1. The van der Waals surface area contributed by atoms with Gasteiger partial charge in [-0.2, -0.15) is 0 Å². The molecule has 0 saturated heterocycles. The second-order valence-electron chi connectivity index (χ2n) is 6.88. The fraction of sp³-hybridized carbons (Fsp3) is 0.125. The van der Waals surface area contributed by atoms with Crippen LogP contribution in [-0.2, 0) is 4.79 Å². The number of para-hydroxylation sites is 2. The first kappa shape index (κ1) is 19.9. The Kier molecular flexibility index (Phi) is 5.95. The maximum Gasteiger partial charge on any atom is 0.266 e. The van der Waals surface area contributed by atoms with Crippen LogP contribution >= 0.6 is 11.8 Å². The molecule has 0 aliphatic carbocycles. The number of aromatic nitrogens is 2. The van der Waals surface area contributed by atoms with Crippen molar-refractivity contribution in [3.05, 3.63) is 101 Å². The van der Waals surface area contributed by atoms with Crippen molar-refractivity contribution < 1.29 is 4.79 Å². The van der Waals surface area contributed by atoms with Gasteiger partial charge in [0.1, 0.15) is 0 Å². The number of rotatable bonds is 6. The van der Waals surface area contributed by atoms with Gasteiger partial charge in [-0.05, 0) is 36.8 Å². The lowest BCUT2D eigenvalue weighted by Gasteiger charge is -2.15. The Hall–Kier alpha value is -3.38. The molecule has 3 aromatic carbocycles. The van der Waals surface area contributed by atoms with Crippen LogP contribution in [-0.4, -0.2) is 21.2 Å². The van der Waals surface area contributed by atoms with Crippen LogP contribution in [0.4, 0.5) is 0 Å². The summed E-state index contributed by atoms with van der Waals surface area (Å²) in [5, 5.41) is 4.04. The Bertz CT molecular complexity index is 1220. The number of carbonyl (C=O) groups excluding carboxylic acids is 1. The highest BCUT2D eigenvalue weighted by Gasteiger charge is 2.15. The van der Waals surface area contributed by atoms with Crippen molar-refractivity contribution in [2.24, 2.45) is 0 Å². The molecular formula is C24H21N3O2S. The molecular weight excluding hydrogens is 394 g/mol.